The van der Waals surface area contributed by atoms with Gasteiger partial charge in [-0.2, -0.15) is 5.10 Å². The number of likely N-dealkylation sites (tertiary alicyclic amines) is 1. The summed E-state index contributed by atoms with van der Waals surface area (Å²) in [5, 5.41) is 4.28. The van der Waals surface area contributed by atoms with E-state index in [0.717, 1.165) is 13.1 Å². The Bertz CT molecular complexity index is 850. The number of benzene rings is 2. The molecule has 1 saturated heterocycles. The summed E-state index contributed by atoms with van der Waals surface area (Å²) in [7, 11) is 0. The summed E-state index contributed by atoms with van der Waals surface area (Å²) in [4.78, 5) is 14.8. The fourth-order valence-corrected chi connectivity index (χ4v) is 3.54. The van der Waals surface area contributed by atoms with Gasteiger partial charge >= 0.3 is 0 Å². The molecule has 0 spiro atoms. The first-order valence-corrected chi connectivity index (χ1v) is 9.09. The minimum Gasteiger partial charge on any atom is -0.338 e. The van der Waals surface area contributed by atoms with E-state index in [1.54, 1.807) is 6.20 Å². The molecule has 1 fully saturated rings. The smallest absolute Gasteiger partial charge is 0.223 e. The Morgan fingerprint density at radius 2 is 1.73 bits per heavy atom. The SMILES string of the molecule is Cc1ccc([C@H](CC(=O)N2CC(n3cccn3)C2)c2ccccc2)cc1. The van der Waals surface area contributed by atoms with Crippen molar-refractivity contribution in [3.63, 3.8) is 0 Å². The third-order valence-electron chi connectivity index (χ3n) is 5.17. The first-order chi connectivity index (χ1) is 12.7. The van der Waals surface area contributed by atoms with Gasteiger partial charge < -0.3 is 4.90 Å². The predicted molar refractivity (Wildman–Crippen MR) is 102 cm³/mol. The van der Waals surface area contributed by atoms with Crippen molar-refractivity contribution in [2.45, 2.75) is 25.3 Å². The fourth-order valence-electron chi connectivity index (χ4n) is 3.54. The minimum atomic E-state index is 0.0908. The highest BCUT2D eigenvalue weighted by Gasteiger charge is 2.33. The van der Waals surface area contributed by atoms with Crippen LogP contribution in [0.3, 0.4) is 0 Å². The number of rotatable bonds is 5. The largest absolute Gasteiger partial charge is 0.338 e. The summed E-state index contributed by atoms with van der Waals surface area (Å²) in [6, 6.07) is 21.1. The molecule has 2 heterocycles. The van der Waals surface area contributed by atoms with Crippen LogP contribution in [0.2, 0.25) is 0 Å². The van der Waals surface area contributed by atoms with Crippen LogP contribution in [0, 0.1) is 6.92 Å². The van der Waals surface area contributed by atoms with Crippen LogP contribution in [0.4, 0.5) is 0 Å². The average Bonchev–Trinajstić information content (AvgIpc) is 3.14. The number of carbonyl (C=O) groups is 1. The Balaban J connectivity index is 1.48. The van der Waals surface area contributed by atoms with E-state index < -0.39 is 0 Å². The summed E-state index contributed by atoms with van der Waals surface area (Å²) in [5.41, 5.74) is 3.62. The molecule has 2 aromatic carbocycles. The molecule has 0 unspecified atom stereocenters. The normalized spacial score (nSPS) is 15.5. The number of hydrogen-bond acceptors (Lipinski definition) is 2. The van der Waals surface area contributed by atoms with Crippen molar-refractivity contribution in [3.8, 4) is 0 Å². The zero-order valence-corrected chi connectivity index (χ0v) is 15.0. The quantitative estimate of drug-likeness (QED) is 0.705. The molecule has 0 N–H and O–H groups in total. The maximum atomic E-state index is 12.9. The molecule has 0 aliphatic carbocycles. The van der Waals surface area contributed by atoms with Crippen LogP contribution in [0.5, 0.6) is 0 Å². The lowest BCUT2D eigenvalue weighted by atomic mass is 9.87. The number of aryl methyl sites for hydroxylation is 1. The van der Waals surface area contributed by atoms with Crippen LogP contribution in [0.15, 0.2) is 73.1 Å². The molecule has 1 aliphatic heterocycles. The van der Waals surface area contributed by atoms with Gasteiger partial charge in [-0.3, -0.25) is 9.48 Å². The first kappa shape index (κ1) is 16.6. The van der Waals surface area contributed by atoms with Crippen LogP contribution >= 0.6 is 0 Å². The van der Waals surface area contributed by atoms with E-state index in [-0.39, 0.29) is 11.8 Å². The fraction of sp³-hybridized carbons (Fsp3) is 0.273. The second-order valence-electron chi connectivity index (χ2n) is 7.02. The first-order valence-electron chi connectivity index (χ1n) is 9.09. The van der Waals surface area contributed by atoms with Crippen molar-refractivity contribution in [1.82, 2.24) is 14.7 Å². The zero-order chi connectivity index (χ0) is 17.9. The lowest BCUT2D eigenvalue weighted by Crippen LogP contribution is -2.51. The van der Waals surface area contributed by atoms with Crippen LogP contribution in [0.25, 0.3) is 0 Å². The number of carbonyl (C=O) groups excluding carboxylic acids is 1. The Labute approximate surface area is 154 Å². The molecular weight excluding hydrogens is 322 g/mol. The van der Waals surface area contributed by atoms with Gasteiger partial charge in [-0.05, 0) is 24.1 Å². The average molecular weight is 345 g/mol. The third-order valence-corrected chi connectivity index (χ3v) is 5.17. The minimum absolute atomic E-state index is 0.0908. The summed E-state index contributed by atoms with van der Waals surface area (Å²) in [6.07, 6.45) is 4.25. The van der Waals surface area contributed by atoms with Crippen LogP contribution < -0.4 is 0 Å². The van der Waals surface area contributed by atoms with Gasteiger partial charge in [0, 0.05) is 37.8 Å². The van der Waals surface area contributed by atoms with Gasteiger partial charge in [-0.1, -0.05) is 60.2 Å². The summed E-state index contributed by atoms with van der Waals surface area (Å²) in [6.45, 7) is 3.58. The number of nitrogens with zero attached hydrogens (tertiary/aromatic N) is 3. The topological polar surface area (TPSA) is 38.1 Å². The van der Waals surface area contributed by atoms with Gasteiger partial charge in [-0.15, -0.1) is 0 Å². The summed E-state index contributed by atoms with van der Waals surface area (Å²) < 4.78 is 1.94. The van der Waals surface area contributed by atoms with Crippen molar-refractivity contribution in [2.24, 2.45) is 0 Å². The zero-order valence-electron chi connectivity index (χ0n) is 15.0. The standard InChI is InChI=1S/C22H23N3O/c1-17-8-10-19(11-9-17)21(18-6-3-2-4-7-18)14-22(26)24-15-20(16-24)25-13-5-12-23-25/h2-13,20-21H,14-16H2,1H3/t21-/m1/s1. The van der Waals surface area contributed by atoms with Gasteiger partial charge in [0.05, 0.1) is 6.04 Å². The molecule has 4 rings (SSSR count). The molecule has 4 heteroatoms. The molecule has 0 radical (unpaired) electrons. The van der Waals surface area contributed by atoms with Crippen LogP contribution in [0.1, 0.15) is 35.1 Å². The molecule has 1 aliphatic rings. The van der Waals surface area contributed by atoms with Gasteiger partial charge in [-0.25, -0.2) is 0 Å². The van der Waals surface area contributed by atoms with E-state index in [2.05, 4.69) is 48.4 Å². The highest BCUT2D eigenvalue weighted by molar-refractivity contribution is 5.78. The highest BCUT2D eigenvalue weighted by atomic mass is 16.2. The molecule has 1 aromatic heterocycles. The molecule has 1 amide bonds. The lowest BCUT2D eigenvalue weighted by molar-refractivity contribution is -0.137. The molecular formula is C22H23N3O. The Kier molecular flexibility index (Phi) is 4.57. The molecule has 0 bridgehead atoms. The van der Waals surface area contributed by atoms with Crippen molar-refractivity contribution >= 4 is 5.91 Å². The van der Waals surface area contributed by atoms with E-state index >= 15 is 0 Å². The second kappa shape index (κ2) is 7.16. The van der Waals surface area contributed by atoms with Crippen molar-refractivity contribution in [3.05, 3.63) is 89.7 Å². The molecule has 0 saturated carbocycles. The number of hydrogen-bond donors (Lipinski definition) is 0. The van der Waals surface area contributed by atoms with Gasteiger partial charge in [0.25, 0.3) is 0 Å². The van der Waals surface area contributed by atoms with E-state index in [0.29, 0.717) is 12.5 Å². The Morgan fingerprint density at radius 3 is 2.38 bits per heavy atom. The number of aromatic nitrogens is 2. The van der Waals surface area contributed by atoms with Crippen LogP contribution in [-0.4, -0.2) is 33.7 Å². The van der Waals surface area contributed by atoms with E-state index in [4.69, 9.17) is 0 Å². The second-order valence-corrected chi connectivity index (χ2v) is 7.02. The third kappa shape index (κ3) is 3.40. The molecule has 26 heavy (non-hydrogen) atoms. The van der Waals surface area contributed by atoms with Crippen LogP contribution in [-0.2, 0) is 4.79 Å². The molecule has 132 valence electrons. The highest BCUT2D eigenvalue weighted by Crippen LogP contribution is 2.31. The van der Waals surface area contributed by atoms with E-state index in [1.165, 1.54) is 16.7 Å². The molecule has 4 nitrogen and oxygen atoms in total. The van der Waals surface area contributed by atoms with Crippen molar-refractivity contribution in [2.75, 3.05) is 13.1 Å². The summed E-state index contributed by atoms with van der Waals surface area (Å²) in [5.74, 6) is 0.302. The maximum absolute atomic E-state index is 12.9. The number of amides is 1. The van der Waals surface area contributed by atoms with Crippen molar-refractivity contribution < 1.29 is 4.79 Å². The van der Waals surface area contributed by atoms with Gasteiger partial charge in [0.15, 0.2) is 0 Å². The Hall–Kier alpha value is -2.88. The van der Waals surface area contributed by atoms with E-state index in [1.807, 2.05) is 40.0 Å². The predicted octanol–water partition coefficient (Wildman–Crippen LogP) is 3.80. The van der Waals surface area contributed by atoms with E-state index in [9.17, 15) is 4.79 Å². The van der Waals surface area contributed by atoms with Gasteiger partial charge in [0.1, 0.15) is 0 Å². The monoisotopic (exact) mass is 345 g/mol. The summed E-state index contributed by atoms with van der Waals surface area (Å²) >= 11 is 0. The lowest BCUT2D eigenvalue weighted by Gasteiger charge is -2.40. The molecule has 3 aromatic rings. The van der Waals surface area contributed by atoms with Crippen molar-refractivity contribution in [1.29, 1.82) is 0 Å². The maximum Gasteiger partial charge on any atom is 0.223 e. The van der Waals surface area contributed by atoms with Gasteiger partial charge in [0.2, 0.25) is 5.91 Å². The molecule has 1 atom stereocenters. The Morgan fingerprint density at radius 1 is 1.04 bits per heavy atom.